The van der Waals surface area contributed by atoms with Gasteiger partial charge in [-0.2, -0.15) is 0 Å². The van der Waals surface area contributed by atoms with Gasteiger partial charge in [0.15, 0.2) is 0 Å². The number of Topliss-reactive ketones (excluding diaryl/α,β-unsaturated/α-hetero) is 1. The molecule has 0 unspecified atom stereocenters. The molecule has 1 aliphatic carbocycles. The fourth-order valence-electron chi connectivity index (χ4n) is 3.17. The minimum absolute atomic E-state index is 0.0745. The molecule has 0 spiro atoms. The van der Waals surface area contributed by atoms with Crippen molar-refractivity contribution in [2.45, 2.75) is 77.2 Å². The van der Waals surface area contributed by atoms with Gasteiger partial charge in [0.2, 0.25) is 0 Å². The third-order valence-corrected chi connectivity index (χ3v) is 4.65. The largest absolute Gasteiger partial charge is 0.481 e. The van der Waals surface area contributed by atoms with E-state index in [1.807, 2.05) is 12.2 Å². The number of carbonyl (C=O) groups is 2. The van der Waals surface area contributed by atoms with E-state index in [-0.39, 0.29) is 18.1 Å². The van der Waals surface area contributed by atoms with Crippen molar-refractivity contribution in [1.82, 2.24) is 0 Å². The van der Waals surface area contributed by atoms with Crippen molar-refractivity contribution in [1.29, 1.82) is 0 Å². The van der Waals surface area contributed by atoms with Crippen LogP contribution in [0, 0.1) is 11.8 Å². The number of carboxylic acids is 1. The molecule has 0 aliphatic heterocycles. The fraction of sp³-hybridized carbons (Fsp3) is 0.700. The molecule has 3 atom stereocenters. The molecule has 1 rings (SSSR count). The Bertz CT molecular complexity index is 439. The molecule has 1 aliphatic rings. The first-order valence-corrected chi connectivity index (χ1v) is 9.30. The summed E-state index contributed by atoms with van der Waals surface area (Å²) in [4.78, 5) is 22.5. The van der Waals surface area contributed by atoms with Gasteiger partial charge in [-0.3, -0.25) is 9.59 Å². The normalized spacial score (nSPS) is 22.7. The highest BCUT2D eigenvalue weighted by Crippen LogP contribution is 2.33. The van der Waals surface area contributed by atoms with E-state index in [0.29, 0.717) is 18.8 Å². The van der Waals surface area contributed by atoms with Crippen molar-refractivity contribution in [3.05, 3.63) is 24.3 Å². The Labute approximate surface area is 145 Å². The van der Waals surface area contributed by atoms with Crippen LogP contribution in [-0.4, -0.2) is 28.1 Å². The number of ketones is 1. The molecular weight excluding hydrogens is 304 g/mol. The summed E-state index contributed by atoms with van der Waals surface area (Å²) in [5, 5.41) is 18.6. The minimum Gasteiger partial charge on any atom is -0.481 e. The van der Waals surface area contributed by atoms with E-state index >= 15 is 0 Å². The zero-order valence-corrected chi connectivity index (χ0v) is 14.8. The Morgan fingerprint density at radius 1 is 1.29 bits per heavy atom. The predicted molar refractivity (Wildman–Crippen MR) is 95.8 cm³/mol. The molecule has 0 amide bonds. The van der Waals surface area contributed by atoms with Crippen LogP contribution in [0.2, 0.25) is 0 Å². The predicted octanol–water partition coefficient (Wildman–Crippen LogP) is 4.28. The smallest absolute Gasteiger partial charge is 0.303 e. The van der Waals surface area contributed by atoms with Gasteiger partial charge in [0, 0.05) is 18.8 Å². The summed E-state index contributed by atoms with van der Waals surface area (Å²) in [5.41, 5.74) is 0. The van der Waals surface area contributed by atoms with Gasteiger partial charge in [0.1, 0.15) is 5.78 Å². The third kappa shape index (κ3) is 8.44. The number of carboxylic acid groups (broad SMARTS) is 1. The first-order chi connectivity index (χ1) is 11.5. The number of aliphatic hydroxyl groups is 1. The van der Waals surface area contributed by atoms with Crippen LogP contribution >= 0.6 is 0 Å². The second-order valence-electron chi connectivity index (χ2n) is 6.73. The van der Waals surface area contributed by atoms with Crippen LogP contribution in [0.5, 0.6) is 0 Å². The number of rotatable bonds is 12. The van der Waals surface area contributed by atoms with Crippen LogP contribution in [0.4, 0.5) is 0 Å². The fourth-order valence-corrected chi connectivity index (χ4v) is 3.17. The van der Waals surface area contributed by atoms with E-state index in [9.17, 15) is 14.7 Å². The molecule has 0 saturated heterocycles. The average molecular weight is 336 g/mol. The summed E-state index contributed by atoms with van der Waals surface area (Å²) < 4.78 is 0. The maximum Gasteiger partial charge on any atom is 0.303 e. The number of carbonyl (C=O) groups excluding carboxylic acids is 1. The summed E-state index contributed by atoms with van der Waals surface area (Å²) in [6.07, 6.45) is 15.4. The Morgan fingerprint density at radius 2 is 2.08 bits per heavy atom. The quantitative estimate of drug-likeness (QED) is 0.412. The van der Waals surface area contributed by atoms with Gasteiger partial charge in [-0.05, 0) is 38.0 Å². The summed E-state index contributed by atoms with van der Waals surface area (Å²) in [6, 6.07) is 0. The maximum atomic E-state index is 12.0. The second kappa shape index (κ2) is 12.0. The van der Waals surface area contributed by atoms with Crippen LogP contribution in [0.15, 0.2) is 24.3 Å². The molecule has 0 aromatic heterocycles. The van der Waals surface area contributed by atoms with Crippen LogP contribution in [0.1, 0.15) is 71.1 Å². The Hall–Kier alpha value is -1.42. The van der Waals surface area contributed by atoms with Crippen molar-refractivity contribution < 1.29 is 19.8 Å². The van der Waals surface area contributed by atoms with Crippen LogP contribution < -0.4 is 0 Å². The lowest BCUT2D eigenvalue weighted by molar-refractivity contribution is -0.137. The summed E-state index contributed by atoms with van der Waals surface area (Å²) in [7, 11) is 0. The van der Waals surface area contributed by atoms with Crippen molar-refractivity contribution in [3.63, 3.8) is 0 Å². The average Bonchev–Trinajstić information content (AvgIpc) is 2.89. The minimum atomic E-state index is -0.757. The molecule has 4 nitrogen and oxygen atoms in total. The van der Waals surface area contributed by atoms with Gasteiger partial charge < -0.3 is 10.2 Å². The number of unbranched alkanes of at least 4 members (excludes halogenated alkanes) is 3. The number of aliphatic hydroxyl groups excluding tert-OH is 1. The van der Waals surface area contributed by atoms with E-state index < -0.39 is 12.1 Å². The molecule has 0 radical (unpaired) electrons. The van der Waals surface area contributed by atoms with Crippen molar-refractivity contribution in [2.24, 2.45) is 11.8 Å². The molecule has 4 heteroatoms. The summed E-state index contributed by atoms with van der Waals surface area (Å²) in [6.45, 7) is 2.14. The molecule has 1 saturated carbocycles. The van der Waals surface area contributed by atoms with Gasteiger partial charge in [0.05, 0.1) is 6.10 Å². The highest BCUT2D eigenvalue weighted by Gasteiger charge is 2.31. The molecule has 0 aromatic carbocycles. The number of aliphatic carboxylic acids is 1. The third-order valence-electron chi connectivity index (χ3n) is 4.65. The number of allylic oxidation sites excluding steroid dienone is 3. The van der Waals surface area contributed by atoms with E-state index in [2.05, 4.69) is 13.0 Å². The molecular formula is C20H32O4. The zero-order chi connectivity index (χ0) is 17.8. The summed E-state index contributed by atoms with van der Waals surface area (Å²) >= 11 is 0. The second-order valence-corrected chi connectivity index (χ2v) is 6.73. The molecule has 0 heterocycles. The highest BCUT2D eigenvalue weighted by atomic mass is 16.4. The van der Waals surface area contributed by atoms with E-state index in [1.165, 1.54) is 0 Å². The van der Waals surface area contributed by atoms with Crippen LogP contribution in [0.3, 0.4) is 0 Å². The molecule has 2 N–H and O–H groups in total. The lowest BCUT2D eigenvalue weighted by Gasteiger charge is -2.13. The van der Waals surface area contributed by atoms with E-state index in [0.717, 1.165) is 44.9 Å². The number of hydrogen-bond acceptors (Lipinski definition) is 3. The van der Waals surface area contributed by atoms with Crippen LogP contribution in [0.25, 0.3) is 0 Å². The molecule has 136 valence electrons. The van der Waals surface area contributed by atoms with Gasteiger partial charge in [-0.25, -0.2) is 0 Å². The number of hydrogen-bond donors (Lipinski definition) is 2. The molecule has 0 bridgehead atoms. The van der Waals surface area contributed by atoms with Crippen molar-refractivity contribution in [3.8, 4) is 0 Å². The molecule has 0 aromatic rings. The van der Waals surface area contributed by atoms with Crippen molar-refractivity contribution in [2.75, 3.05) is 0 Å². The first kappa shape index (κ1) is 20.6. The molecule has 24 heavy (non-hydrogen) atoms. The van der Waals surface area contributed by atoms with Gasteiger partial charge >= 0.3 is 5.97 Å². The van der Waals surface area contributed by atoms with Crippen molar-refractivity contribution >= 4 is 11.8 Å². The van der Waals surface area contributed by atoms with E-state index in [1.54, 1.807) is 6.08 Å². The first-order valence-electron chi connectivity index (χ1n) is 9.30. The Morgan fingerprint density at radius 3 is 2.79 bits per heavy atom. The van der Waals surface area contributed by atoms with E-state index in [4.69, 9.17) is 5.11 Å². The van der Waals surface area contributed by atoms with Gasteiger partial charge in [0.25, 0.3) is 0 Å². The zero-order valence-electron chi connectivity index (χ0n) is 14.8. The van der Waals surface area contributed by atoms with Gasteiger partial charge in [-0.15, -0.1) is 0 Å². The standard InChI is InChI=1S/C20H32O4/c1-2-3-6-10-17(21)13-14-18-16(12-15-19(18)22)9-7-4-5-8-11-20(23)24/h4,7,13-14,16-18,21H,2-3,5-6,8-12,15H2,1H3,(H,23,24)/b7-4-,14-13+/t16-,17-,18+/m0/s1. The van der Waals surface area contributed by atoms with Gasteiger partial charge in [-0.1, -0.05) is 50.5 Å². The highest BCUT2D eigenvalue weighted by molar-refractivity contribution is 5.85. The molecule has 1 fully saturated rings. The lowest BCUT2D eigenvalue weighted by Crippen LogP contribution is -2.13. The Balaban J connectivity index is 2.37. The SMILES string of the molecule is CCCCC[C@H](O)/C=C/[C@H]1C(=O)CC[C@@H]1C/C=C\CCCC(=O)O. The Kier molecular flexibility index (Phi) is 10.3. The maximum absolute atomic E-state index is 12.0. The topological polar surface area (TPSA) is 74.6 Å². The monoisotopic (exact) mass is 336 g/mol. The summed E-state index contributed by atoms with van der Waals surface area (Å²) in [5.74, 6) is -0.245. The lowest BCUT2D eigenvalue weighted by atomic mass is 9.91. The van der Waals surface area contributed by atoms with Crippen LogP contribution in [-0.2, 0) is 9.59 Å².